The summed E-state index contributed by atoms with van der Waals surface area (Å²) in [5.74, 6) is 0.445. The Balaban J connectivity index is 1.93. The molecule has 7 heteroatoms. The van der Waals surface area contributed by atoms with Gasteiger partial charge in [0.25, 0.3) is 0 Å². The fraction of sp³-hybridized carbons (Fsp3) is 0.357. The number of benzene rings is 1. The molecule has 1 aliphatic heterocycles. The second-order valence-corrected chi connectivity index (χ2v) is 7.14. The van der Waals surface area contributed by atoms with Gasteiger partial charge >= 0.3 is 0 Å². The van der Waals surface area contributed by atoms with Gasteiger partial charge in [0, 0.05) is 18.3 Å². The molecule has 0 atom stereocenters. The van der Waals surface area contributed by atoms with E-state index in [1.54, 1.807) is 25.1 Å². The SMILES string of the molecule is Cc1cc(CS(=O)(=O)N2CCCc3cc(N)ccc32)no1. The molecular formula is C14H17N3O3S. The summed E-state index contributed by atoms with van der Waals surface area (Å²) in [5, 5.41) is 3.77. The fourth-order valence-corrected chi connectivity index (χ4v) is 4.17. The lowest BCUT2D eigenvalue weighted by molar-refractivity contribution is 0.392. The van der Waals surface area contributed by atoms with E-state index in [0.29, 0.717) is 23.7 Å². The molecule has 0 bridgehead atoms. The number of hydrogen-bond acceptors (Lipinski definition) is 5. The second kappa shape index (κ2) is 5.07. The molecule has 21 heavy (non-hydrogen) atoms. The summed E-state index contributed by atoms with van der Waals surface area (Å²) in [4.78, 5) is 0. The highest BCUT2D eigenvalue weighted by Crippen LogP contribution is 2.31. The van der Waals surface area contributed by atoms with Crippen molar-refractivity contribution in [2.75, 3.05) is 16.6 Å². The van der Waals surface area contributed by atoms with Crippen molar-refractivity contribution in [3.05, 3.63) is 41.3 Å². The largest absolute Gasteiger partial charge is 0.399 e. The molecule has 1 aliphatic rings. The Morgan fingerprint density at radius 2 is 2.19 bits per heavy atom. The third kappa shape index (κ3) is 2.73. The maximum absolute atomic E-state index is 12.6. The Morgan fingerprint density at radius 1 is 1.38 bits per heavy atom. The molecule has 0 amide bonds. The lowest BCUT2D eigenvalue weighted by Gasteiger charge is -2.30. The summed E-state index contributed by atoms with van der Waals surface area (Å²) in [7, 11) is -3.48. The van der Waals surface area contributed by atoms with E-state index in [2.05, 4.69) is 5.16 Å². The molecule has 0 spiro atoms. The molecule has 0 saturated heterocycles. The monoisotopic (exact) mass is 307 g/mol. The molecule has 6 nitrogen and oxygen atoms in total. The van der Waals surface area contributed by atoms with Crippen LogP contribution in [0.2, 0.25) is 0 Å². The number of anilines is 2. The number of hydrogen-bond donors (Lipinski definition) is 1. The highest BCUT2D eigenvalue weighted by Gasteiger charge is 2.28. The number of nitrogen functional groups attached to an aromatic ring is 1. The zero-order valence-electron chi connectivity index (χ0n) is 11.7. The first-order chi connectivity index (χ1) is 9.95. The van der Waals surface area contributed by atoms with Crippen molar-refractivity contribution in [1.82, 2.24) is 5.16 Å². The van der Waals surface area contributed by atoms with Crippen LogP contribution in [0.5, 0.6) is 0 Å². The van der Waals surface area contributed by atoms with E-state index in [1.165, 1.54) is 4.31 Å². The molecule has 0 unspecified atom stereocenters. The molecule has 0 fully saturated rings. The normalized spacial score (nSPS) is 15.0. The molecule has 2 aromatic rings. The maximum Gasteiger partial charge on any atom is 0.241 e. The van der Waals surface area contributed by atoms with Gasteiger partial charge in [-0.25, -0.2) is 8.42 Å². The highest BCUT2D eigenvalue weighted by atomic mass is 32.2. The topological polar surface area (TPSA) is 89.4 Å². The van der Waals surface area contributed by atoms with E-state index in [0.717, 1.165) is 24.1 Å². The van der Waals surface area contributed by atoms with Crippen molar-refractivity contribution in [1.29, 1.82) is 0 Å². The van der Waals surface area contributed by atoms with E-state index in [-0.39, 0.29) is 5.75 Å². The third-order valence-electron chi connectivity index (χ3n) is 3.52. The predicted molar refractivity (Wildman–Crippen MR) is 80.4 cm³/mol. The third-order valence-corrected chi connectivity index (χ3v) is 5.23. The van der Waals surface area contributed by atoms with Crippen LogP contribution in [0.15, 0.2) is 28.8 Å². The summed E-state index contributed by atoms with van der Waals surface area (Å²) in [6, 6.07) is 6.99. The summed E-state index contributed by atoms with van der Waals surface area (Å²) in [5.41, 5.74) is 8.54. The lowest BCUT2D eigenvalue weighted by atomic mass is 10.0. The number of aromatic nitrogens is 1. The molecule has 112 valence electrons. The molecule has 0 radical (unpaired) electrons. The van der Waals surface area contributed by atoms with Crippen molar-refractivity contribution in [2.24, 2.45) is 0 Å². The van der Waals surface area contributed by atoms with Gasteiger partial charge in [-0.05, 0) is 43.5 Å². The number of nitrogens with two attached hydrogens (primary N) is 1. The van der Waals surface area contributed by atoms with Crippen LogP contribution in [0.4, 0.5) is 11.4 Å². The molecule has 0 saturated carbocycles. The average molecular weight is 307 g/mol. The quantitative estimate of drug-likeness (QED) is 0.874. The van der Waals surface area contributed by atoms with Crippen molar-refractivity contribution in [3.63, 3.8) is 0 Å². The van der Waals surface area contributed by atoms with Gasteiger partial charge in [-0.1, -0.05) is 5.16 Å². The zero-order chi connectivity index (χ0) is 15.0. The zero-order valence-corrected chi connectivity index (χ0v) is 12.6. The van der Waals surface area contributed by atoms with Crippen LogP contribution >= 0.6 is 0 Å². The van der Waals surface area contributed by atoms with Gasteiger partial charge in [-0.2, -0.15) is 0 Å². The molecule has 1 aromatic carbocycles. The second-order valence-electron chi connectivity index (χ2n) is 5.25. The number of aryl methyl sites for hydroxylation is 2. The molecule has 3 rings (SSSR count). The molecule has 0 aliphatic carbocycles. The first-order valence-electron chi connectivity index (χ1n) is 6.77. The van der Waals surface area contributed by atoms with E-state index in [9.17, 15) is 8.42 Å². The molecule has 1 aromatic heterocycles. The van der Waals surface area contributed by atoms with Crippen molar-refractivity contribution in [2.45, 2.75) is 25.5 Å². The Morgan fingerprint density at radius 3 is 2.90 bits per heavy atom. The minimum Gasteiger partial charge on any atom is -0.399 e. The van der Waals surface area contributed by atoms with Gasteiger partial charge in [0.05, 0.1) is 5.69 Å². The first-order valence-corrected chi connectivity index (χ1v) is 8.38. The van der Waals surface area contributed by atoms with Crippen molar-refractivity contribution in [3.8, 4) is 0 Å². The number of rotatable bonds is 3. The van der Waals surface area contributed by atoms with Crippen LogP contribution in [0.3, 0.4) is 0 Å². The lowest BCUT2D eigenvalue weighted by Crippen LogP contribution is -2.36. The minimum absolute atomic E-state index is 0.159. The van der Waals surface area contributed by atoms with Crippen molar-refractivity contribution >= 4 is 21.4 Å². The van der Waals surface area contributed by atoms with Crippen LogP contribution in [-0.2, 0) is 22.2 Å². The summed E-state index contributed by atoms with van der Waals surface area (Å²) >= 11 is 0. The van der Waals surface area contributed by atoms with Crippen LogP contribution in [-0.4, -0.2) is 20.1 Å². The highest BCUT2D eigenvalue weighted by molar-refractivity contribution is 7.92. The van der Waals surface area contributed by atoms with E-state index in [1.807, 2.05) is 6.07 Å². The summed E-state index contributed by atoms with van der Waals surface area (Å²) in [6.07, 6.45) is 1.63. The van der Waals surface area contributed by atoms with Gasteiger partial charge in [0.1, 0.15) is 17.2 Å². The van der Waals surface area contributed by atoms with Gasteiger partial charge in [-0.3, -0.25) is 4.31 Å². The number of nitrogens with zero attached hydrogens (tertiary/aromatic N) is 2. The van der Waals surface area contributed by atoms with Crippen LogP contribution in [0.1, 0.15) is 23.4 Å². The Kier molecular flexibility index (Phi) is 3.36. The summed E-state index contributed by atoms with van der Waals surface area (Å²) in [6.45, 7) is 2.22. The molecular weight excluding hydrogens is 290 g/mol. The fourth-order valence-electron chi connectivity index (χ4n) is 2.62. The first kappa shape index (κ1) is 13.9. The molecule has 2 N–H and O–H groups in total. The Labute approximate surface area is 123 Å². The van der Waals surface area contributed by atoms with Crippen LogP contribution < -0.4 is 10.0 Å². The van der Waals surface area contributed by atoms with E-state index < -0.39 is 10.0 Å². The van der Waals surface area contributed by atoms with Crippen molar-refractivity contribution < 1.29 is 12.9 Å². The van der Waals surface area contributed by atoms with Gasteiger partial charge in [0.15, 0.2) is 0 Å². The maximum atomic E-state index is 12.6. The average Bonchev–Trinajstić information content (AvgIpc) is 2.82. The van der Waals surface area contributed by atoms with E-state index in [4.69, 9.17) is 10.3 Å². The number of fused-ring (bicyclic) bond motifs is 1. The van der Waals surface area contributed by atoms with Gasteiger partial charge in [-0.15, -0.1) is 0 Å². The van der Waals surface area contributed by atoms with Gasteiger partial charge < -0.3 is 10.3 Å². The Hall–Kier alpha value is -2.02. The minimum atomic E-state index is -3.48. The predicted octanol–water partition coefficient (Wildman–Crippen LogP) is 1.85. The van der Waals surface area contributed by atoms with E-state index >= 15 is 0 Å². The number of sulfonamides is 1. The van der Waals surface area contributed by atoms with Crippen LogP contribution in [0.25, 0.3) is 0 Å². The smallest absolute Gasteiger partial charge is 0.241 e. The standard InChI is InChI=1S/C14H17N3O3S/c1-10-7-13(16-20-10)9-21(18,19)17-6-2-3-11-8-12(15)4-5-14(11)17/h4-5,7-8H,2-3,6,9,15H2,1H3. The van der Waals surface area contributed by atoms with Gasteiger partial charge in [0.2, 0.25) is 10.0 Å². The summed E-state index contributed by atoms with van der Waals surface area (Å²) < 4.78 is 31.6. The Bertz CT molecular complexity index is 768. The molecule has 2 heterocycles. The van der Waals surface area contributed by atoms with Crippen LogP contribution in [0, 0.1) is 6.92 Å².